The maximum atomic E-state index is 9.05. The Hall–Kier alpha value is -1.78. The Kier molecular flexibility index (Phi) is 4.39. The molecule has 0 bridgehead atoms. The molecule has 18 heavy (non-hydrogen) atoms. The summed E-state index contributed by atoms with van der Waals surface area (Å²) in [6.07, 6.45) is 0.826. The Morgan fingerprint density at radius 3 is 2.44 bits per heavy atom. The summed E-state index contributed by atoms with van der Waals surface area (Å²) in [6, 6.07) is 16.9. The molecule has 2 aromatic rings. The normalized spacial score (nSPS) is 10.1. The highest BCUT2D eigenvalue weighted by atomic mass is 16.5. The van der Waals surface area contributed by atoms with Crippen LogP contribution in [-0.2, 0) is 6.42 Å². The predicted octanol–water partition coefficient (Wildman–Crippen LogP) is 0.988. The molecule has 4 heteroatoms. The predicted molar refractivity (Wildman–Crippen MR) is 71.9 cm³/mol. The summed E-state index contributed by atoms with van der Waals surface area (Å²) in [5.74, 6) is 0.650. The highest BCUT2D eigenvalue weighted by Crippen LogP contribution is 2.08. The van der Waals surface area contributed by atoms with Crippen molar-refractivity contribution in [2.45, 2.75) is 6.42 Å². The van der Waals surface area contributed by atoms with Crippen molar-refractivity contribution in [3.63, 3.8) is 0 Å². The fourth-order valence-electron chi connectivity index (χ4n) is 1.70. The van der Waals surface area contributed by atoms with Gasteiger partial charge in [0.05, 0.1) is 6.61 Å². The van der Waals surface area contributed by atoms with Crippen LogP contribution < -0.4 is 10.2 Å². The van der Waals surface area contributed by atoms with Crippen molar-refractivity contribution >= 4 is 12.6 Å². The first-order chi connectivity index (χ1) is 8.75. The Balaban J connectivity index is 1.89. The minimum Gasteiger partial charge on any atom is -0.493 e. The van der Waals surface area contributed by atoms with Gasteiger partial charge in [0.2, 0.25) is 0 Å². The molecule has 0 atom stereocenters. The smallest absolute Gasteiger partial charge is 0.488 e. The van der Waals surface area contributed by atoms with Crippen LogP contribution in [0.15, 0.2) is 54.6 Å². The number of ether oxygens (including phenoxy) is 1. The summed E-state index contributed by atoms with van der Waals surface area (Å²) in [5, 5.41) is 18.1. The van der Waals surface area contributed by atoms with Crippen LogP contribution in [0.4, 0.5) is 0 Å². The molecule has 0 amide bonds. The zero-order chi connectivity index (χ0) is 12.8. The van der Waals surface area contributed by atoms with Crippen molar-refractivity contribution in [2.75, 3.05) is 6.61 Å². The average molecular weight is 242 g/mol. The first-order valence-corrected chi connectivity index (χ1v) is 5.88. The quantitative estimate of drug-likeness (QED) is 0.768. The molecule has 92 valence electrons. The van der Waals surface area contributed by atoms with Crippen LogP contribution in [0.2, 0.25) is 0 Å². The van der Waals surface area contributed by atoms with E-state index in [-0.39, 0.29) is 0 Å². The van der Waals surface area contributed by atoms with E-state index in [2.05, 4.69) is 12.1 Å². The third-order valence-corrected chi connectivity index (χ3v) is 2.66. The lowest BCUT2D eigenvalue weighted by molar-refractivity contribution is 0.322. The molecule has 0 spiro atoms. The second kappa shape index (κ2) is 6.24. The van der Waals surface area contributed by atoms with Crippen molar-refractivity contribution < 1.29 is 14.8 Å². The molecule has 0 aromatic heterocycles. The van der Waals surface area contributed by atoms with Gasteiger partial charge in [-0.05, 0) is 23.2 Å². The van der Waals surface area contributed by atoms with Gasteiger partial charge in [-0.3, -0.25) is 0 Å². The summed E-state index contributed by atoms with van der Waals surface area (Å²) in [6.45, 7) is 0.564. The Bertz CT molecular complexity index is 485. The average Bonchev–Trinajstić information content (AvgIpc) is 2.40. The summed E-state index contributed by atoms with van der Waals surface area (Å²) in [4.78, 5) is 0. The van der Waals surface area contributed by atoms with E-state index >= 15 is 0 Å². The van der Waals surface area contributed by atoms with Crippen LogP contribution in [0.25, 0.3) is 0 Å². The molecule has 2 aromatic carbocycles. The molecule has 2 N–H and O–H groups in total. The summed E-state index contributed by atoms with van der Waals surface area (Å²) in [5.41, 5.74) is 1.66. The zero-order valence-electron chi connectivity index (χ0n) is 9.99. The van der Waals surface area contributed by atoms with E-state index in [0.717, 1.165) is 6.42 Å². The first kappa shape index (κ1) is 12.7. The number of hydrogen-bond acceptors (Lipinski definition) is 3. The van der Waals surface area contributed by atoms with Crippen LogP contribution in [-0.4, -0.2) is 23.8 Å². The fourth-order valence-corrected chi connectivity index (χ4v) is 1.70. The largest absolute Gasteiger partial charge is 0.493 e. The lowest BCUT2D eigenvalue weighted by Gasteiger charge is -2.07. The van der Waals surface area contributed by atoms with Gasteiger partial charge in [-0.2, -0.15) is 0 Å². The van der Waals surface area contributed by atoms with E-state index in [4.69, 9.17) is 14.8 Å². The lowest BCUT2D eigenvalue weighted by atomic mass is 9.80. The van der Waals surface area contributed by atoms with Crippen LogP contribution in [0.1, 0.15) is 5.56 Å². The van der Waals surface area contributed by atoms with Crippen LogP contribution in [0.5, 0.6) is 5.75 Å². The minimum atomic E-state index is -1.46. The molecule has 2 rings (SSSR count). The molecule has 0 fully saturated rings. The highest BCUT2D eigenvalue weighted by Gasteiger charge is 2.10. The van der Waals surface area contributed by atoms with E-state index in [0.29, 0.717) is 17.8 Å². The monoisotopic (exact) mass is 242 g/mol. The Morgan fingerprint density at radius 1 is 0.944 bits per heavy atom. The summed E-state index contributed by atoms with van der Waals surface area (Å²) >= 11 is 0. The topological polar surface area (TPSA) is 49.7 Å². The van der Waals surface area contributed by atoms with E-state index in [1.807, 2.05) is 18.2 Å². The van der Waals surface area contributed by atoms with E-state index in [1.54, 1.807) is 24.3 Å². The van der Waals surface area contributed by atoms with Crippen molar-refractivity contribution in [3.05, 3.63) is 60.2 Å². The molecular weight excluding hydrogens is 227 g/mol. The third kappa shape index (κ3) is 3.62. The third-order valence-electron chi connectivity index (χ3n) is 2.66. The van der Waals surface area contributed by atoms with E-state index < -0.39 is 7.12 Å². The van der Waals surface area contributed by atoms with Crippen molar-refractivity contribution in [3.8, 4) is 5.75 Å². The summed E-state index contributed by atoms with van der Waals surface area (Å²) in [7, 11) is -1.46. The number of benzene rings is 2. The summed E-state index contributed by atoms with van der Waals surface area (Å²) < 4.78 is 5.58. The highest BCUT2D eigenvalue weighted by molar-refractivity contribution is 6.58. The Morgan fingerprint density at radius 2 is 1.72 bits per heavy atom. The maximum Gasteiger partial charge on any atom is 0.488 e. The molecule has 0 aliphatic rings. The van der Waals surface area contributed by atoms with Crippen LogP contribution in [0, 0.1) is 0 Å². The van der Waals surface area contributed by atoms with Crippen molar-refractivity contribution in [1.82, 2.24) is 0 Å². The fraction of sp³-hybridized carbons (Fsp3) is 0.143. The molecule has 0 aliphatic carbocycles. The van der Waals surface area contributed by atoms with Gasteiger partial charge in [-0.15, -0.1) is 0 Å². The molecule has 0 aliphatic heterocycles. The van der Waals surface area contributed by atoms with Gasteiger partial charge in [0, 0.05) is 6.42 Å². The lowest BCUT2D eigenvalue weighted by Crippen LogP contribution is -2.29. The van der Waals surface area contributed by atoms with Gasteiger partial charge < -0.3 is 14.8 Å². The van der Waals surface area contributed by atoms with Gasteiger partial charge in [0.25, 0.3) is 0 Å². The van der Waals surface area contributed by atoms with Gasteiger partial charge in [-0.25, -0.2) is 0 Å². The van der Waals surface area contributed by atoms with Gasteiger partial charge in [-0.1, -0.05) is 42.5 Å². The molecule has 0 saturated heterocycles. The number of hydrogen-bond donors (Lipinski definition) is 2. The molecule has 0 radical (unpaired) electrons. The first-order valence-electron chi connectivity index (χ1n) is 5.88. The number of rotatable bonds is 5. The van der Waals surface area contributed by atoms with Gasteiger partial charge >= 0.3 is 7.12 Å². The minimum absolute atomic E-state index is 0.437. The van der Waals surface area contributed by atoms with E-state index in [1.165, 1.54) is 5.56 Å². The molecule has 0 heterocycles. The molecular formula is C14H15BO3. The molecule has 3 nitrogen and oxygen atoms in total. The van der Waals surface area contributed by atoms with Crippen LogP contribution in [0.3, 0.4) is 0 Å². The maximum absolute atomic E-state index is 9.05. The standard InChI is InChI=1S/C14H15BO3/c16-15(17)13-7-4-8-14(11-13)18-10-9-12-5-2-1-3-6-12/h1-8,11,16-17H,9-10H2. The SMILES string of the molecule is OB(O)c1cccc(OCCc2ccccc2)c1. The molecule has 0 saturated carbocycles. The second-order valence-electron chi connectivity index (χ2n) is 4.03. The van der Waals surface area contributed by atoms with E-state index in [9.17, 15) is 0 Å². The van der Waals surface area contributed by atoms with Crippen molar-refractivity contribution in [2.24, 2.45) is 0 Å². The Labute approximate surface area is 107 Å². The molecule has 0 unspecified atom stereocenters. The van der Waals surface area contributed by atoms with Gasteiger partial charge in [0.15, 0.2) is 0 Å². The van der Waals surface area contributed by atoms with Crippen molar-refractivity contribution in [1.29, 1.82) is 0 Å². The zero-order valence-corrected chi connectivity index (χ0v) is 9.99. The van der Waals surface area contributed by atoms with Crippen LogP contribution >= 0.6 is 0 Å². The second-order valence-corrected chi connectivity index (χ2v) is 4.03. The van der Waals surface area contributed by atoms with Gasteiger partial charge in [0.1, 0.15) is 5.75 Å².